The van der Waals surface area contributed by atoms with Crippen molar-refractivity contribution in [1.82, 2.24) is 4.98 Å². The molecule has 15 heavy (non-hydrogen) atoms. The van der Waals surface area contributed by atoms with Gasteiger partial charge in [0.2, 0.25) is 0 Å². The topological polar surface area (TPSA) is 12.9 Å². The number of pyridine rings is 1. The van der Waals surface area contributed by atoms with E-state index in [1.54, 1.807) is 22.7 Å². The minimum Gasteiger partial charge on any atom is -0.245 e. The Labute approximate surface area is 104 Å². The molecule has 0 aliphatic heterocycles. The van der Waals surface area contributed by atoms with Gasteiger partial charge in [-0.05, 0) is 44.9 Å². The minimum absolute atomic E-state index is 1.09. The summed E-state index contributed by atoms with van der Waals surface area (Å²) < 4.78 is 1.16. The molecule has 1 nitrogen and oxygen atoms in total. The largest absolute Gasteiger partial charge is 0.245 e. The van der Waals surface area contributed by atoms with E-state index in [-0.39, 0.29) is 0 Å². The second-order valence-electron chi connectivity index (χ2n) is 3.11. The molecule has 0 saturated carbocycles. The lowest BCUT2D eigenvalue weighted by atomic mass is 10.2. The number of aromatic nitrogens is 1. The number of hydrogen-bond acceptors (Lipinski definition) is 3. The van der Waals surface area contributed by atoms with Gasteiger partial charge in [-0.15, -0.1) is 11.3 Å². The van der Waals surface area contributed by atoms with E-state index in [1.807, 2.05) is 12.3 Å². The Kier molecular flexibility index (Phi) is 2.35. The van der Waals surface area contributed by atoms with Crippen LogP contribution in [-0.2, 0) is 0 Å². The summed E-state index contributed by atoms with van der Waals surface area (Å²) in [4.78, 5) is 6.72. The predicted molar refractivity (Wildman–Crippen MR) is 70.6 cm³/mol. The summed E-state index contributed by atoms with van der Waals surface area (Å²) in [5, 5.41) is 5.46. The molecule has 74 valence electrons. The van der Waals surface area contributed by atoms with Crippen LogP contribution in [0.5, 0.6) is 0 Å². The zero-order valence-corrected chi connectivity index (χ0v) is 10.8. The zero-order chi connectivity index (χ0) is 10.3. The van der Waals surface area contributed by atoms with Gasteiger partial charge in [-0.3, -0.25) is 0 Å². The Hall–Kier alpha value is -0.710. The first-order valence-corrected chi connectivity index (χ1v) is 6.97. The molecule has 0 aliphatic carbocycles. The molecule has 0 radical (unpaired) electrons. The van der Waals surface area contributed by atoms with Crippen LogP contribution in [0.3, 0.4) is 0 Å². The summed E-state index contributed by atoms with van der Waals surface area (Å²) in [5.74, 6) is 0. The summed E-state index contributed by atoms with van der Waals surface area (Å²) in [6.45, 7) is 0. The SMILES string of the molecule is Brc1c(-c2ccsc2)sc2ncccc12. The lowest BCUT2D eigenvalue weighted by Gasteiger charge is -1.91. The second kappa shape index (κ2) is 3.70. The van der Waals surface area contributed by atoms with Crippen molar-refractivity contribution in [3.63, 3.8) is 0 Å². The van der Waals surface area contributed by atoms with Gasteiger partial charge < -0.3 is 0 Å². The maximum atomic E-state index is 4.36. The predicted octanol–water partition coefficient (Wildman–Crippen LogP) is 4.79. The lowest BCUT2D eigenvalue weighted by molar-refractivity contribution is 1.45. The fourth-order valence-electron chi connectivity index (χ4n) is 1.48. The van der Waals surface area contributed by atoms with Crippen molar-refractivity contribution in [2.24, 2.45) is 0 Å². The minimum atomic E-state index is 1.09. The molecule has 0 spiro atoms. The standard InChI is InChI=1S/C11H6BrNS2/c12-9-8-2-1-4-13-11(8)15-10(9)7-3-5-14-6-7/h1-6H. The average Bonchev–Trinajstić information content (AvgIpc) is 2.87. The van der Waals surface area contributed by atoms with Crippen molar-refractivity contribution in [2.45, 2.75) is 0 Å². The molecule has 3 rings (SSSR count). The summed E-state index contributed by atoms with van der Waals surface area (Å²) >= 11 is 7.10. The van der Waals surface area contributed by atoms with Gasteiger partial charge >= 0.3 is 0 Å². The average molecular weight is 296 g/mol. The normalized spacial score (nSPS) is 11.0. The number of fused-ring (bicyclic) bond motifs is 1. The first-order valence-electron chi connectivity index (χ1n) is 4.42. The molecule has 4 heteroatoms. The number of thiophene rings is 2. The number of halogens is 1. The molecule has 3 heterocycles. The summed E-state index contributed by atoms with van der Waals surface area (Å²) in [7, 11) is 0. The fourth-order valence-corrected chi connectivity index (χ4v) is 4.16. The third-order valence-electron chi connectivity index (χ3n) is 2.19. The van der Waals surface area contributed by atoms with Crippen LogP contribution >= 0.6 is 38.6 Å². The van der Waals surface area contributed by atoms with Gasteiger partial charge in [0.15, 0.2) is 0 Å². The van der Waals surface area contributed by atoms with E-state index in [9.17, 15) is 0 Å². The molecule has 0 bridgehead atoms. The first kappa shape index (κ1) is 9.51. The second-order valence-corrected chi connectivity index (χ2v) is 5.69. The van der Waals surface area contributed by atoms with Crippen molar-refractivity contribution in [3.05, 3.63) is 39.6 Å². The van der Waals surface area contributed by atoms with Crippen molar-refractivity contribution < 1.29 is 0 Å². The van der Waals surface area contributed by atoms with E-state index in [1.165, 1.54) is 15.8 Å². The van der Waals surface area contributed by atoms with Crippen molar-refractivity contribution >= 4 is 48.8 Å². The summed E-state index contributed by atoms with van der Waals surface area (Å²) in [5.41, 5.74) is 1.27. The molecule has 3 aromatic rings. The zero-order valence-electron chi connectivity index (χ0n) is 7.61. The van der Waals surface area contributed by atoms with Gasteiger partial charge in [-0.1, -0.05) is 0 Å². The molecule has 0 aromatic carbocycles. The van der Waals surface area contributed by atoms with Crippen LogP contribution in [0.4, 0.5) is 0 Å². The van der Waals surface area contributed by atoms with Gasteiger partial charge in [-0.2, -0.15) is 11.3 Å². The van der Waals surface area contributed by atoms with Gasteiger partial charge in [0.05, 0.1) is 4.88 Å². The lowest BCUT2D eigenvalue weighted by Crippen LogP contribution is -1.68. The van der Waals surface area contributed by atoms with E-state index in [0.29, 0.717) is 0 Å². The van der Waals surface area contributed by atoms with E-state index in [2.05, 4.69) is 43.8 Å². The summed E-state index contributed by atoms with van der Waals surface area (Å²) in [6, 6.07) is 6.20. The molecule has 0 saturated heterocycles. The van der Waals surface area contributed by atoms with E-state index in [4.69, 9.17) is 0 Å². The van der Waals surface area contributed by atoms with Gasteiger partial charge in [0.1, 0.15) is 4.83 Å². The fraction of sp³-hybridized carbons (Fsp3) is 0. The van der Waals surface area contributed by atoms with Crippen LogP contribution in [0.1, 0.15) is 0 Å². The van der Waals surface area contributed by atoms with E-state index >= 15 is 0 Å². The Balaban J connectivity index is 2.33. The van der Waals surface area contributed by atoms with Crippen LogP contribution in [-0.4, -0.2) is 4.98 Å². The third kappa shape index (κ3) is 1.53. The molecular weight excluding hydrogens is 290 g/mol. The Morgan fingerprint density at radius 2 is 2.20 bits per heavy atom. The quantitative estimate of drug-likeness (QED) is 0.629. The highest BCUT2D eigenvalue weighted by atomic mass is 79.9. The maximum absolute atomic E-state index is 4.36. The van der Waals surface area contributed by atoms with E-state index in [0.717, 1.165) is 9.30 Å². The number of rotatable bonds is 1. The first-order chi connectivity index (χ1) is 7.36. The number of nitrogens with zero attached hydrogens (tertiary/aromatic N) is 1. The highest BCUT2D eigenvalue weighted by Crippen LogP contribution is 2.41. The van der Waals surface area contributed by atoms with Gasteiger partial charge in [-0.25, -0.2) is 4.98 Å². The maximum Gasteiger partial charge on any atom is 0.124 e. The van der Waals surface area contributed by atoms with Gasteiger partial charge in [0.25, 0.3) is 0 Å². The number of hydrogen-bond donors (Lipinski definition) is 0. The smallest absolute Gasteiger partial charge is 0.124 e. The van der Waals surface area contributed by atoms with Crippen molar-refractivity contribution in [2.75, 3.05) is 0 Å². The molecule has 0 atom stereocenters. The molecule has 0 unspecified atom stereocenters. The Morgan fingerprint density at radius 3 is 2.93 bits per heavy atom. The molecule has 0 aliphatic rings. The van der Waals surface area contributed by atoms with Crippen LogP contribution in [0.25, 0.3) is 20.7 Å². The molecule has 0 N–H and O–H groups in total. The molecule has 0 amide bonds. The van der Waals surface area contributed by atoms with Crippen LogP contribution < -0.4 is 0 Å². The third-order valence-corrected chi connectivity index (χ3v) is 5.12. The highest BCUT2D eigenvalue weighted by molar-refractivity contribution is 9.10. The van der Waals surface area contributed by atoms with Gasteiger partial charge in [0, 0.05) is 21.6 Å². The summed E-state index contributed by atoms with van der Waals surface area (Å²) in [6.07, 6.45) is 1.84. The van der Waals surface area contributed by atoms with Crippen molar-refractivity contribution in [3.8, 4) is 10.4 Å². The Bertz CT molecular complexity index is 598. The molecular formula is C11H6BrNS2. The monoisotopic (exact) mass is 295 g/mol. The Morgan fingerprint density at radius 1 is 1.27 bits per heavy atom. The van der Waals surface area contributed by atoms with Crippen LogP contribution in [0.2, 0.25) is 0 Å². The molecule has 3 aromatic heterocycles. The molecule has 0 fully saturated rings. The van der Waals surface area contributed by atoms with Crippen molar-refractivity contribution in [1.29, 1.82) is 0 Å². The van der Waals surface area contributed by atoms with Crippen LogP contribution in [0, 0.1) is 0 Å². The highest BCUT2D eigenvalue weighted by Gasteiger charge is 2.11. The van der Waals surface area contributed by atoms with E-state index < -0.39 is 0 Å². The van der Waals surface area contributed by atoms with Crippen LogP contribution in [0.15, 0.2) is 39.6 Å².